The lowest BCUT2D eigenvalue weighted by atomic mass is 9.81. The third-order valence-corrected chi connectivity index (χ3v) is 6.14. The van der Waals surface area contributed by atoms with E-state index in [1.54, 1.807) is 0 Å². The van der Waals surface area contributed by atoms with Gasteiger partial charge in [0, 0.05) is 56.2 Å². The van der Waals surface area contributed by atoms with Gasteiger partial charge in [0.2, 0.25) is 5.95 Å². The maximum Gasteiger partial charge on any atom is 0.222 e. The van der Waals surface area contributed by atoms with Crippen LogP contribution in [0.5, 0.6) is 5.75 Å². The second-order valence-corrected chi connectivity index (χ2v) is 8.40. The summed E-state index contributed by atoms with van der Waals surface area (Å²) >= 11 is 0. The van der Waals surface area contributed by atoms with E-state index in [9.17, 15) is 0 Å². The van der Waals surface area contributed by atoms with Crippen LogP contribution in [0.25, 0.3) is 0 Å². The normalized spacial score (nSPS) is 25.2. The summed E-state index contributed by atoms with van der Waals surface area (Å²) in [6.45, 7) is 2.67. The number of aromatic nitrogens is 2. The molecule has 28 heavy (non-hydrogen) atoms. The van der Waals surface area contributed by atoms with E-state index in [-0.39, 0.29) is 5.60 Å². The number of benzene rings is 1. The fourth-order valence-corrected chi connectivity index (χ4v) is 4.54. The van der Waals surface area contributed by atoms with Crippen molar-refractivity contribution in [3.63, 3.8) is 0 Å². The van der Waals surface area contributed by atoms with Gasteiger partial charge in [0.05, 0.1) is 0 Å². The van der Waals surface area contributed by atoms with Gasteiger partial charge in [-0.3, -0.25) is 4.90 Å². The number of ether oxygens (including phenoxy) is 1. The quantitative estimate of drug-likeness (QED) is 0.878. The predicted octanol–water partition coefficient (Wildman–Crippen LogP) is 3.16. The molecule has 1 aliphatic carbocycles. The molecule has 1 aromatic heterocycles. The molecule has 6 heteroatoms. The number of anilines is 1. The average Bonchev–Trinajstić information content (AvgIpc) is 2.85. The summed E-state index contributed by atoms with van der Waals surface area (Å²) in [5, 5.41) is 2.98. The molecule has 2 heterocycles. The molecule has 1 saturated carbocycles. The van der Waals surface area contributed by atoms with E-state index < -0.39 is 0 Å². The summed E-state index contributed by atoms with van der Waals surface area (Å²) in [5.41, 5.74) is 2.29. The van der Waals surface area contributed by atoms with Crippen molar-refractivity contribution < 1.29 is 4.74 Å². The SMILES string of the molecule is CNc1ncc(CN2Cc3ccccc3OC3(CCC(N(C)C)CC3)C2)cn1. The molecule has 1 N–H and O–H groups in total. The lowest BCUT2D eigenvalue weighted by Gasteiger charge is -2.43. The third-order valence-electron chi connectivity index (χ3n) is 6.14. The zero-order chi connectivity index (χ0) is 19.6. The van der Waals surface area contributed by atoms with Crippen molar-refractivity contribution in [3.8, 4) is 5.75 Å². The van der Waals surface area contributed by atoms with E-state index in [2.05, 4.69) is 63.4 Å². The number of hydrogen-bond donors (Lipinski definition) is 1. The van der Waals surface area contributed by atoms with Crippen LogP contribution in [-0.4, -0.2) is 59.1 Å². The molecule has 1 fully saturated rings. The van der Waals surface area contributed by atoms with Crippen LogP contribution in [0.15, 0.2) is 36.7 Å². The monoisotopic (exact) mass is 381 g/mol. The first-order valence-electron chi connectivity index (χ1n) is 10.2. The molecule has 0 saturated heterocycles. The highest BCUT2D eigenvalue weighted by Crippen LogP contribution is 2.39. The Balaban J connectivity index is 1.56. The standard InChI is InChI=1S/C22H31N5O/c1-23-21-24-12-17(13-25-21)14-27-15-18-6-4-5-7-20(18)28-22(16-27)10-8-19(9-11-22)26(2)3/h4-7,12-13,19H,8-11,14-16H2,1-3H3,(H,23,24,25). The minimum Gasteiger partial charge on any atom is -0.486 e. The molecule has 0 bridgehead atoms. The van der Waals surface area contributed by atoms with Crippen molar-refractivity contribution >= 4 is 5.95 Å². The predicted molar refractivity (Wildman–Crippen MR) is 111 cm³/mol. The second-order valence-electron chi connectivity index (χ2n) is 8.40. The fourth-order valence-electron chi connectivity index (χ4n) is 4.54. The smallest absolute Gasteiger partial charge is 0.222 e. The Kier molecular flexibility index (Phi) is 5.51. The number of hydrogen-bond acceptors (Lipinski definition) is 6. The summed E-state index contributed by atoms with van der Waals surface area (Å²) in [5.74, 6) is 1.71. The zero-order valence-corrected chi connectivity index (χ0v) is 17.2. The van der Waals surface area contributed by atoms with Gasteiger partial charge >= 0.3 is 0 Å². The van der Waals surface area contributed by atoms with Crippen LogP contribution in [0.1, 0.15) is 36.8 Å². The fraction of sp³-hybridized carbons (Fsp3) is 0.545. The Morgan fingerprint density at radius 2 is 1.89 bits per heavy atom. The molecule has 6 nitrogen and oxygen atoms in total. The Morgan fingerprint density at radius 3 is 2.57 bits per heavy atom. The van der Waals surface area contributed by atoms with Gasteiger partial charge in [0.1, 0.15) is 11.4 Å². The molecule has 0 unspecified atom stereocenters. The molecule has 150 valence electrons. The van der Waals surface area contributed by atoms with Gasteiger partial charge in [0.15, 0.2) is 0 Å². The van der Waals surface area contributed by atoms with Gasteiger partial charge in [-0.2, -0.15) is 0 Å². The minimum absolute atomic E-state index is 0.106. The summed E-state index contributed by atoms with van der Waals surface area (Å²) in [6, 6.07) is 9.16. The minimum atomic E-state index is -0.106. The molecule has 4 rings (SSSR count). The van der Waals surface area contributed by atoms with E-state index in [4.69, 9.17) is 4.74 Å². The van der Waals surface area contributed by atoms with Crippen molar-refractivity contribution in [1.29, 1.82) is 0 Å². The molecule has 2 aliphatic rings. The first-order chi connectivity index (χ1) is 13.6. The average molecular weight is 382 g/mol. The first-order valence-corrected chi connectivity index (χ1v) is 10.2. The van der Waals surface area contributed by atoms with Crippen LogP contribution in [0, 0.1) is 0 Å². The van der Waals surface area contributed by atoms with Crippen molar-refractivity contribution in [2.75, 3.05) is 33.0 Å². The molecule has 1 spiro atoms. The van der Waals surface area contributed by atoms with Crippen LogP contribution < -0.4 is 10.1 Å². The van der Waals surface area contributed by atoms with Crippen LogP contribution >= 0.6 is 0 Å². The maximum absolute atomic E-state index is 6.72. The van der Waals surface area contributed by atoms with Gasteiger partial charge in [-0.25, -0.2) is 9.97 Å². The Bertz CT molecular complexity index is 784. The largest absolute Gasteiger partial charge is 0.486 e. The molecule has 1 aromatic carbocycles. The molecule has 0 amide bonds. The van der Waals surface area contributed by atoms with Crippen LogP contribution in [0.4, 0.5) is 5.95 Å². The third kappa shape index (κ3) is 4.13. The molecule has 2 aromatic rings. The Hall–Kier alpha value is -2.18. The van der Waals surface area contributed by atoms with Crippen molar-refractivity contribution in [2.45, 2.75) is 50.4 Å². The summed E-state index contributed by atoms with van der Waals surface area (Å²) in [7, 11) is 6.21. The highest BCUT2D eigenvalue weighted by molar-refractivity contribution is 5.35. The number of fused-ring (bicyclic) bond motifs is 1. The second kappa shape index (κ2) is 8.05. The molecule has 0 radical (unpaired) electrons. The summed E-state index contributed by atoms with van der Waals surface area (Å²) in [6.07, 6.45) is 8.40. The molecule has 1 aliphatic heterocycles. The zero-order valence-electron chi connectivity index (χ0n) is 17.2. The van der Waals surface area contributed by atoms with Crippen molar-refractivity contribution in [3.05, 3.63) is 47.8 Å². The van der Waals surface area contributed by atoms with E-state index >= 15 is 0 Å². The highest BCUT2D eigenvalue weighted by Gasteiger charge is 2.41. The maximum atomic E-state index is 6.72. The van der Waals surface area contributed by atoms with Crippen LogP contribution in [0.3, 0.4) is 0 Å². The summed E-state index contributed by atoms with van der Waals surface area (Å²) in [4.78, 5) is 13.6. The van der Waals surface area contributed by atoms with Crippen molar-refractivity contribution in [1.82, 2.24) is 19.8 Å². The van der Waals surface area contributed by atoms with Gasteiger partial charge in [-0.15, -0.1) is 0 Å². The van der Waals surface area contributed by atoms with E-state index in [0.717, 1.165) is 43.8 Å². The van der Waals surface area contributed by atoms with Gasteiger partial charge in [-0.05, 0) is 45.8 Å². The summed E-state index contributed by atoms with van der Waals surface area (Å²) < 4.78 is 6.72. The molecular formula is C22H31N5O. The lowest BCUT2D eigenvalue weighted by Crippen LogP contribution is -2.50. The number of para-hydroxylation sites is 1. The lowest BCUT2D eigenvalue weighted by molar-refractivity contribution is -0.0135. The Labute approximate surface area is 167 Å². The number of rotatable bonds is 4. The number of nitrogens with zero attached hydrogens (tertiary/aromatic N) is 4. The molecule has 0 atom stereocenters. The van der Waals surface area contributed by atoms with Gasteiger partial charge < -0.3 is 15.0 Å². The van der Waals surface area contributed by atoms with Crippen LogP contribution in [-0.2, 0) is 13.1 Å². The van der Waals surface area contributed by atoms with Gasteiger partial charge in [-0.1, -0.05) is 18.2 Å². The topological polar surface area (TPSA) is 53.5 Å². The van der Waals surface area contributed by atoms with E-state index in [1.807, 2.05) is 19.4 Å². The van der Waals surface area contributed by atoms with Gasteiger partial charge in [0.25, 0.3) is 0 Å². The first kappa shape index (κ1) is 19.2. The van der Waals surface area contributed by atoms with Crippen molar-refractivity contribution in [2.24, 2.45) is 0 Å². The van der Waals surface area contributed by atoms with E-state index in [1.165, 1.54) is 18.4 Å². The molecular weight excluding hydrogens is 350 g/mol. The van der Waals surface area contributed by atoms with Crippen LogP contribution in [0.2, 0.25) is 0 Å². The van der Waals surface area contributed by atoms with E-state index in [0.29, 0.717) is 12.0 Å². The Morgan fingerprint density at radius 1 is 1.18 bits per heavy atom. The number of nitrogens with one attached hydrogen (secondary N) is 1. The highest BCUT2D eigenvalue weighted by atomic mass is 16.5.